The number of anilines is 2. The second kappa shape index (κ2) is 12.2. The fraction of sp³-hybridized carbons (Fsp3) is 0.400. The summed E-state index contributed by atoms with van der Waals surface area (Å²) in [6.45, 7) is 7.07. The van der Waals surface area contributed by atoms with E-state index < -0.39 is 5.41 Å². The number of carbonyl (C=O) groups is 2. The number of amides is 2. The second-order valence-electron chi connectivity index (χ2n) is 10.1. The van der Waals surface area contributed by atoms with Gasteiger partial charge in [-0.1, -0.05) is 6.07 Å². The van der Waals surface area contributed by atoms with Crippen LogP contribution in [-0.2, 0) is 16.0 Å². The summed E-state index contributed by atoms with van der Waals surface area (Å²) in [7, 11) is 1.72. The van der Waals surface area contributed by atoms with Crippen molar-refractivity contribution >= 4 is 23.2 Å². The number of aromatic nitrogens is 2. The number of nitrogens with one attached hydrogen (secondary N) is 1. The van der Waals surface area contributed by atoms with Crippen molar-refractivity contribution in [3.8, 4) is 5.75 Å². The van der Waals surface area contributed by atoms with Crippen molar-refractivity contribution in [2.45, 2.75) is 46.1 Å². The van der Waals surface area contributed by atoms with Gasteiger partial charge in [-0.2, -0.15) is 0 Å². The molecule has 3 heterocycles. The van der Waals surface area contributed by atoms with Crippen LogP contribution in [0.1, 0.15) is 50.8 Å². The molecule has 1 aliphatic rings. The molecule has 1 aliphatic heterocycles. The standard InChI is InChI=1S/C30H37N5O3/c1-5-35-27-20-24(10-12-26(27)34(4)28(36)30(2,3)29(35)37)38-19-7-16-33-25(23-13-17-31-18-14-23)11-9-22-8-6-15-32-21-22/h6,8,10,12-15,17-18,20-21,25,33H,5,7,9,11,16,19H2,1-4H3. The molecule has 0 fully saturated rings. The number of carbonyl (C=O) groups excluding carboxylic acids is 2. The third-order valence-electron chi connectivity index (χ3n) is 7.07. The van der Waals surface area contributed by atoms with Gasteiger partial charge in [0.1, 0.15) is 11.2 Å². The van der Waals surface area contributed by atoms with Gasteiger partial charge in [-0.3, -0.25) is 19.6 Å². The quantitative estimate of drug-likeness (QED) is 0.297. The van der Waals surface area contributed by atoms with E-state index in [1.54, 1.807) is 36.9 Å². The highest BCUT2D eigenvalue weighted by Gasteiger charge is 2.45. The lowest BCUT2D eigenvalue weighted by molar-refractivity contribution is -0.137. The molecule has 200 valence electrons. The highest BCUT2D eigenvalue weighted by atomic mass is 16.5. The van der Waals surface area contributed by atoms with Gasteiger partial charge in [-0.05, 0) is 88.0 Å². The molecule has 0 saturated carbocycles. The monoisotopic (exact) mass is 515 g/mol. The number of rotatable bonds is 11. The van der Waals surface area contributed by atoms with Crippen molar-refractivity contribution in [2.24, 2.45) is 5.41 Å². The van der Waals surface area contributed by atoms with Crippen LogP contribution in [0.5, 0.6) is 5.75 Å². The summed E-state index contributed by atoms with van der Waals surface area (Å²) in [5.41, 5.74) is 2.71. The fourth-order valence-corrected chi connectivity index (χ4v) is 4.85. The van der Waals surface area contributed by atoms with Crippen LogP contribution in [0.15, 0.2) is 67.3 Å². The van der Waals surface area contributed by atoms with E-state index in [2.05, 4.69) is 33.5 Å². The van der Waals surface area contributed by atoms with E-state index in [1.165, 1.54) is 11.1 Å². The van der Waals surface area contributed by atoms with Crippen molar-refractivity contribution < 1.29 is 14.3 Å². The number of ether oxygens (including phenoxy) is 1. The zero-order chi connectivity index (χ0) is 27.1. The van der Waals surface area contributed by atoms with E-state index >= 15 is 0 Å². The number of aryl methyl sites for hydroxylation is 1. The van der Waals surface area contributed by atoms with E-state index in [0.717, 1.165) is 25.8 Å². The average molecular weight is 516 g/mol. The van der Waals surface area contributed by atoms with Crippen LogP contribution in [0.25, 0.3) is 0 Å². The van der Waals surface area contributed by atoms with Crippen molar-refractivity contribution in [2.75, 3.05) is 36.5 Å². The van der Waals surface area contributed by atoms with Crippen LogP contribution >= 0.6 is 0 Å². The predicted octanol–water partition coefficient (Wildman–Crippen LogP) is 4.56. The minimum Gasteiger partial charge on any atom is -0.493 e. The van der Waals surface area contributed by atoms with E-state index in [9.17, 15) is 9.59 Å². The maximum absolute atomic E-state index is 13.2. The number of hydrogen-bond donors (Lipinski definition) is 1. The van der Waals surface area contributed by atoms with Crippen molar-refractivity contribution in [1.82, 2.24) is 15.3 Å². The Hall–Kier alpha value is -3.78. The molecule has 0 saturated heterocycles. The summed E-state index contributed by atoms with van der Waals surface area (Å²) in [5.74, 6) is 0.259. The summed E-state index contributed by atoms with van der Waals surface area (Å²) in [5, 5.41) is 3.67. The Morgan fingerprint density at radius 1 is 1.00 bits per heavy atom. The van der Waals surface area contributed by atoms with Crippen molar-refractivity contribution in [1.29, 1.82) is 0 Å². The molecule has 1 unspecified atom stereocenters. The van der Waals surface area contributed by atoms with Crippen LogP contribution in [0, 0.1) is 5.41 Å². The zero-order valence-corrected chi connectivity index (χ0v) is 22.7. The highest BCUT2D eigenvalue weighted by Crippen LogP contribution is 2.40. The third kappa shape index (κ3) is 6.02. The molecular formula is C30H37N5O3. The number of hydrogen-bond acceptors (Lipinski definition) is 6. The van der Waals surface area contributed by atoms with E-state index in [-0.39, 0.29) is 17.9 Å². The van der Waals surface area contributed by atoms with Crippen molar-refractivity contribution in [3.05, 3.63) is 78.4 Å². The van der Waals surface area contributed by atoms with Crippen LogP contribution in [0.3, 0.4) is 0 Å². The van der Waals surface area contributed by atoms with Crippen LogP contribution in [0.4, 0.5) is 11.4 Å². The van der Waals surface area contributed by atoms with E-state index in [0.29, 0.717) is 30.3 Å². The molecule has 38 heavy (non-hydrogen) atoms. The smallest absolute Gasteiger partial charge is 0.242 e. The molecule has 0 radical (unpaired) electrons. The predicted molar refractivity (Wildman–Crippen MR) is 149 cm³/mol. The lowest BCUT2D eigenvalue weighted by atomic mass is 9.90. The molecule has 3 aromatic rings. The number of benzene rings is 1. The normalized spacial score (nSPS) is 15.7. The van der Waals surface area contributed by atoms with Crippen LogP contribution < -0.4 is 19.9 Å². The average Bonchev–Trinajstić information content (AvgIpc) is 2.99. The van der Waals surface area contributed by atoms with Crippen LogP contribution in [-0.4, -0.2) is 48.5 Å². The van der Waals surface area contributed by atoms with Gasteiger partial charge in [-0.15, -0.1) is 0 Å². The number of fused-ring (bicyclic) bond motifs is 1. The molecule has 8 heteroatoms. The second-order valence-corrected chi connectivity index (χ2v) is 10.1. The summed E-state index contributed by atoms with van der Waals surface area (Å²) < 4.78 is 6.07. The molecule has 8 nitrogen and oxygen atoms in total. The zero-order valence-electron chi connectivity index (χ0n) is 22.7. The Morgan fingerprint density at radius 2 is 1.79 bits per heavy atom. The molecular weight excluding hydrogens is 478 g/mol. The summed E-state index contributed by atoms with van der Waals surface area (Å²) in [6.07, 6.45) is 10.1. The van der Waals surface area contributed by atoms with E-state index in [4.69, 9.17) is 4.74 Å². The molecule has 4 rings (SSSR count). The van der Waals surface area contributed by atoms with Gasteiger partial charge in [-0.25, -0.2) is 0 Å². The molecule has 1 aromatic carbocycles. The van der Waals surface area contributed by atoms with Gasteiger partial charge in [0.05, 0.1) is 18.0 Å². The SMILES string of the molecule is CCN1C(=O)C(C)(C)C(=O)N(C)c2ccc(OCCCNC(CCc3cccnc3)c3ccncc3)cc21. The molecule has 2 amide bonds. The molecule has 1 N–H and O–H groups in total. The number of pyridine rings is 2. The maximum Gasteiger partial charge on any atom is 0.242 e. The Labute approximate surface area is 225 Å². The lowest BCUT2D eigenvalue weighted by Gasteiger charge is -2.27. The Bertz CT molecular complexity index is 1230. The molecule has 2 aromatic heterocycles. The third-order valence-corrected chi connectivity index (χ3v) is 7.07. The Morgan fingerprint density at radius 3 is 2.50 bits per heavy atom. The van der Waals surface area contributed by atoms with Gasteiger partial charge in [0, 0.05) is 50.5 Å². The molecule has 1 atom stereocenters. The highest BCUT2D eigenvalue weighted by molar-refractivity contribution is 6.20. The van der Waals surface area contributed by atoms with Crippen LogP contribution in [0.2, 0.25) is 0 Å². The Balaban J connectivity index is 1.36. The first kappa shape index (κ1) is 27.3. The molecule has 0 aliphatic carbocycles. The minimum atomic E-state index is -1.13. The van der Waals surface area contributed by atoms with Gasteiger partial charge in [0.25, 0.3) is 0 Å². The first-order valence-electron chi connectivity index (χ1n) is 13.2. The number of nitrogens with zero attached hydrogens (tertiary/aromatic N) is 4. The first-order valence-corrected chi connectivity index (χ1v) is 13.2. The summed E-state index contributed by atoms with van der Waals surface area (Å²) >= 11 is 0. The molecule has 0 spiro atoms. The van der Waals surface area contributed by atoms with Gasteiger partial charge in [0.2, 0.25) is 11.8 Å². The minimum absolute atomic E-state index is 0.200. The van der Waals surface area contributed by atoms with Gasteiger partial charge in [0.15, 0.2) is 0 Å². The first-order chi connectivity index (χ1) is 18.3. The van der Waals surface area contributed by atoms with E-state index in [1.807, 2.05) is 49.8 Å². The largest absolute Gasteiger partial charge is 0.493 e. The lowest BCUT2D eigenvalue weighted by Crippen LogP contribution is -2.47. The molecule has 0 bridgehead atoms. The van der Waals surface area contributed by atoms with Gasteiger partial charge < -0.3 is 19.9 Å². The summed E-state index contributed by atoms with van der Waals surface area (Å²) in [6, 6.07) is 14.0. The summed E-state index contributed by atoms with van der Waals surface area (Å²) in [4.78, 5) is 37.7. The fourth-order valence-electron chi connectivity index (χ4n) is 4.85. The Kier molecular flexibility index (Phi) is 8.73. The van der Waals surface area contributed by atoms with Gasteiger partial charge >= 0.3 is 0 Å². The maximum atomic E-state index is 13.2. The van der Waals surface area contributed by atoms with Crippen molar-refractivity contribution in [3.63, 3.8) is 0 Å². The topological polar surface area (TPSA) is 87.7 Å².